The predicted molar refractivity (Wildman–Crippen MR) is 77.0 cm³/mol. The summed E-state index contributed by atoms with van der Waals surface area (Å²) < 4.78 is 0. The summed E-state index contributed by atoms with van der Waals surface area (Å²) in [4.78, 5) is 14.8. The Morgan fingerprint density at radius 1 is 1.26 bits per heavy atom. The van der Waals surface area contributed by atoms with E-state index >= 15 is 0 Å². The Morgan fingerprint density at radius 3 is 2.89 bits per heavy atom. The molecular formula is C16H22N2O. The fraction of sp³-hybridized carbons (Fsp3) is 0.562. The molecule has 19 heavy (non-hydrogen) atoms. The van der Waals surface area contributed by atoms with Crippen LogP contribution in [0.25, 0.3) is 0 Å². The van der Waals surface area contributed by atoms with E-state index in [1.54, 1.807) is 0 Å². The van der Waals surface area contributed by atoms with E-state index < -0.39 is 0 Å². The fourth-order valence-electron chi connectivity index (χ4n) is 3.58. The lowest BCUT2D eigenvalue weighted by molar-refractivity contribution is -0.124. The smallest absolute Gasteiger partial charge is 0.230 e. The summed E-state index contributed by atoms with van der Waals surface area (Å²) in [6.45, 7) is 1.48. The van der Waals surface area contributed by atoms with Gasteiger partial charge in [-0.3, -0.25) is 4.79 Å². The summed E-state index contributed by atoms with van der Waals surface area (Å²) in [6.07, 6.45) is 5.51. The lowest BCUT2D eigenvalue weighted by Crippen LogP contribution is -2.41. The highest BCUT2D eigenvalue weighted by atomic mass is 16.2. The molecule has 2 N–H and O–H groups in total. The molecule has 1 aliphatic carbocycles. The van der Waals surface area contributed by atoms with Gasteiger partial charge in [0.05, 0.1) is 0 Å². The molecule has 0 spiro atoms. The van der Waals surface area contributed by atoms with Crippen molar-refractivity contribution in [3.63, 3.8) is 0 Å². The van der Waals surface area contributed by atoms with E-state index in [2.05, 4.69) is 18.2 Å². The van der Waals surface area contributed by atoms with Gasteiger partial charge in [-0.25, -0.2) is 0 Å². The van der Waals surface area contributed by atoms with Crippen molar-refractivity contribution in [3.8, 4) is 0 Å². The van der Waals surface area contributed by atoms with Crippen molar-refractivity contribution in [2.24, 2.45) is 17.6 Å². The second kappa shape index (κ2) is 5.33. The van der Waals surface area contributed by atoms with Crippen LogP contribution < -0.4 is 10.6 Å². The van der Waals surface area contributed by atoms with E-state index in [9.17, 15) is 4.79 Å². The number of hydrogen-bond acceptors (Lipinski definition) is 2. The lowest BCUT2D eigenvalue weighted by atomic mass is 9.78. The highest BCUT2D eigenvalue weighted by Gasteiger charge is 2.35. The molecule has 0 radical (unpaired) electrons. The van der Waals surface area contributed by atoms with Crippen LogP contribution in [0.2, 0.25) is 0 Å². The monoisotopic (exact) mass is 258 g/mol. The molecule has 1 amide bonds. The zero-order chi connectivity index (χ0) is 13.2. The number of para-hydroxylation sites is 1. The van der Waals surface area contributed by atoms with Gasteiger partial charge in [-0.2, -0.15) is 0 Å². The first kappa shape index (κ1) is 12.7. The summed E-state index contributed by atoms with van der Waals surface area (Å²) in [5.74, 6) is 0.832. The van der Waals surface area contributed by atoms with E-state index in [-0.39, 0.29) is 5.92 Å². The SMILES string of the molecule is NCC1CCCCC1C(=O)N1CCc2ccccc21. The van der Waals surface area contributed by atoms with E-state index in [4.69, 9.17) is 5.73 Å². The van der Waals surface area contributed by atoms with E-state index in [0.29, 0.717) is 18.4 Å². The van der Waals surface area contributed by atoms with Gasteiger partial charge in [0, 0.05) is 18.2 Å². The van der Waals surface area contributed by atoms with Gasteiger partial charge in [-0.15, -0.1) is 0 Å². The van der Waals surface area contributed by atoms with Crippen LogP contribution in [-0.4, -0.2) is 19.0 Å². The summed E-state index contributed by atoms with van der Waals surface area (Å²) in [5.41, 5.74) is 8.28. The standard InChI is InChI=1S/C16H22N2O/c17-11-13-6-1-3-7-14(13)16(19)18-10-9-12-5-2-4-8-15(12)18/h2,4-5,8,13-14H,1,3,6-7,9-11,17H2. The maximum absolute atomic E-state index is 12.8. The number of benzene rings is 1. The Kier molecular flexibility index (Phi) is 3.56. The maximum atomic E-state index is 12.8. The summed E-state index contributed by atoms with van der Waals surface area (Å²) >= 11 is 0. The van der Waals surface area contributed by atoms with Gasteiger partial charge in [0.15, 0.2) is 0 Å². The Bertz CT molecular complexity index is 472. The van der Waals surface area contributed by atoms with Crippen molar-refractivity contribution in [3.05, 3.63) is 29.8 Å². The molecule has 3 heteroatoms. The molecule has 1 heterocycles. The number of nitrogens with two attached hydrogens (primary N) is 1. The van der Waals surface area contributed by atoms with Crippen LogP contribution in [0.3, 0.4) is 0 Å². The van der Waals surface area contributed by atoms with Gasteiger partial charge >= 0.3 is 0 Å². The normalized spacial score (nSPS) is 26.3. The average molecular weight is 258 g/mol. The second-order valence-corrected chi connectivity index (χ2v) is 5.76. The van der Waals surface area contributed by atoms with Crippen LogP contribution in [0.4, 0.5) is 5.69 Å². The van der Waals surface area contributed by atoms with Crippen molar-refractivity contribution >= 4 is 11.6 Å². The Labute approximate surface area is 114 Å². The molecular weight excluding hydrogens is 236 g/mol. The minimum absolute atomic E-state index is 0.143. The van der Waals surface area contributed by atoms with Crippen LogP contribution in [-0.2, 0) is 11.2 Å². The molecule has 0 bridgehead atoms. The molecule has 2 atom stereocenters. The number of amides is 1. The summed E-state index contributed by atoms with van der Waals surface area (Å²) in [5, 5.41) is 0. The lowest BCUT2D eigenvalue weighted by Gasteiger charge is -2.32. The molecule has 1 aromatic rings. The highest BCUT2D eigenvalue weighted by Crippen LogP contribution is 2.35. The summed E-state index contributed by atoms with van der Waals surface area (Å²) in [6, 6.07) is 8.27. The molecule has 1 fully saturated rings. The number of hydrogen-bond donors (Lipinski definition) is 1. The Morgan fingerprint density at radius 2 is 2.05 bits per heavy atom. The van der Waals surface area contributed by atoms with Crippen LogP contribution in [0.15, 0.2) is 24.3 Å². The molecule has 3 nitrogen and oxygen atoms in total. The van der Waals surface area contributed by atoms with E-state index in [1.807, 2.05) is 11.0 Å². The molecule has 2 unspecified atom stereocenters. The third kappa shape index (κ3) is 2.27. The molecule has 102 valence electrons. The number of nitrogens with zero attached hydrogens (tertiary/aromatic N) is 1. The Hall–Kier alpha value is -1.35. The molecule has 1 saturated carbocycles. The van der Waals surface area contributed by atoms with Crippen LogP contribution >= 0.6 is 0 Å². The zero-order valence-corrected chi connectivity index (χ0v) is 11.3. The number of carbonyl (C=O) groups is 1. The fourth-order valence-corrected chi connectivity index (χ4v) is 3.58. The van der Waals surface area contributed by atoms with Crippen molar-refractivity contribution in [1.82, 2.24) is 0 Å². The predicted octanol–water partition coefficient (Wildman–Crippen LogP) is 2.34. The van der Waals surface area contributed by atoms with E-state index in [1.165, 1.54) is 18.4 Å². The maximum Gasteiger partial charge on any atom is 0.230 e. The largest absolute Gasteiger partial charge is 0.330 e. The van der Waals surface area contributed by atoms with Gasteiger partial charge in [0.1, 0.15) is 0 Å². The van der Waals surface area contributed by atoms with Crippen LogP contribution in [0.5, 0.6) is 0 Å². The van der Waals surface area contributed by atoms with Crippen LogP contribution in [0, 0.1) is 11.8 Å². The number of fused-ring (bicyclic) bond motifs is 1. The van der Waals surface area contributed by atoms with Crippen molar-refractivity contribution in [2.45, 2.75) is 32.1 Å². The topological polar surface area (TPSA) is 46.3 Å². The highest BCUT2D eigenvalue weighted by molar-refractivity contribution is 5.97. The van der Waals surface area contributed by atoms with Crippen molar-refractivity contribution in [2.75, 3.05) is 18.0 Å². The minimum Gasteiger partial charge on any atom is -0.330 e. The first-order valence-corrected chi connectivity index (χ1v) is 7.40. The number of anilines is 1. The third-order valence-electron chi connectivity index (χ3n) is 4.68. The molecule has 3 rings (SSSR count). The van der Waals surface area contributed by atoms with Gasteiger partial charge in [0.2, 0.25) is 5.91 Å². The van der Waals surface area contributed by atoms with Gasteiger partial charge < -0.3 is 10.6 Å². The minimum atomic E-state index is 0.143. The molecule has 0 aromatic heterocycles. The van der Waals surface area contributed by atoms with Crippen molar-refractivity contribution < 1.29 is 4.79 Å². The quantitative estimate of drug-likeness (QED) is 0.885. The average Bonchev–Trinajstić information content (AvgIpc) is 2.90. The first-order valence-electron chi connectivity index (χ1n) is 7.40. The van der Waals surface area contributed by atoms with E-state index in [0.717, 1.165) is 31.5 Å². The second-order valence-electron chi connectivity index (χ2n) is 5.76. The zero-order valence-electron chi connectivity index (χ0n) is 11.3. The van der Waals surface area contributed by atoms with Crippen LogP contribution in [0.1, 0.15) is 31.2 Å². The first-order chi connectivity index (χ1) is 9.31. The molecule has 2 aliphatic rings. The Balaban J connectivity index is 1.81. The molecule has 1 aliphatic heterocycles. The number of rotatable bonds is 2. The number of carbonyl (C=O) groups excluding carboxylic acids is 1. The summed E-state index contributed by atoms with van der Waals surface area (Å²) in [7, 11) is 0. The molecule has 0 saturated heterocycles. The van der Waals surface area contributed by atoms with Gasteiger partial charge in [-0.05, 0) is 43.4 Å². The van der Waals surface area contributed by atoms with Crippen molar-refractivity contribution in [1.29, 1.82) is 0 Å². The molecule has 1 aromatic carbocycles. The third-order valence-corrected chi connectivity index (χ3v) is 4.68. The van der Waals surface area contributed by atoms with Gasteiger partial charge in [0.25, 0.3) is 0 Å². The van der Waals surface area contributed by atoms with Gasteiger partial charge in [-0.1, -0.05) is 31.0 Å².